The summed E-state index contributed by atoms with van der Waals surface area (Å²) >= 11 is 0. The van der Waals surface area contributed by atoms with Crippen LogP contribution >= 0.6 is 0 Å². The van der Waals surface area contributed by atoms with Gasteiger partial charge in [0.1, 0.15) is 0 Å². The van der Waals surface area contributed by atoms with Crippen LogP contribution in [0.4, 0.5) is 13.2 Å². The van der Waals surface area contributed by atoms with Crippen LogP contribution in [-0.4, -0.2) is 40.8 Å². The number of alkyl halides is 3. The van der Waals surface area contributed by atoms with E-state index in [0.29, 0.717) is 6.42 Å². The minimum Gasteiger partial charge on any atom is -0.379 e. The zero-order valence-corrected chi connectivity index (χ0v) is 11.7. The Hall–Kier alpha value is -1.56. The number of likely N-dealkylation sites (tertiary alicyclic amines) is 1. The molecule has 1 aliphatic heterocycles. The number of carbonyl (C=O) groups excluding carboxylic acids is 1. The maximum atomic E-state index is 12.8. The topological polar surface area (TPSA) is 40.5 Å². The number of benzene rings is 1. The molecular weight excluding hydrogens is 283 g/mol. The Morgan fingerprint density at radius 1 is 1.38 bits per heavy atom. The molecule has 1 aliphatic rings. The summed E-state index contributed by atoms with van der Waals surface area (Å²) in [7, 11) is 0. The van der Waals surface area contributed by atoms with Crippen molar-refractivity contribution in [3.05, 3.63) is 35.9 Å². The molecule has 0 unspecified atom stereocenters. The molecule has 0 bridgehead atoms. The van der Waals surface area contributed by atoms with Gasteiger partial charge in [-0.1, -0.05) is 37.3 Å². The average molecular weight is 301 g/mol. The van der Waals surface area contributed by atoms with Gasteiger partial charge in [0.15, 0.2) is 5.60 Å². The highest BCUT2D eigenvalue weighted by Gasteiger charge is 2.58. The van der Waals surface area contributed by atoms with E-state index in [1.807, 2.05) is 13.0 Å². The lowest BCUT2D eigenvalue weighted by atomic mass is 9.95. The van der Waals surface area contributed by atoms with E-state index in [1.54, 1.807) is 24.3 Å². The molecular formula is C15H18F3NO2. The highest BCUT2D eigenvalue weighted by molar-refractivity contribution is 5.84. The van der Waals surface area contributed by atoms with Gasteiger partial charge in [-0.3, -0.25) is 4.79 Å². The van der Waals surface area contributed by atoms with Crippen LogP contribution in [0.25, 0.3) is 0 Å². The molecule has 0 spiro atoms. The van der Waals surface area contributed by atoms with E-state index in [9.17, 15) is 23.1 Å². The number of β-amino-alcohol motifs (C(OH)–C–C–N with tert-alkyl or cyclic N) is 1. The molecule has 1 aromatic rings. The maximum absolute atomic E-state index is 12.8. The van der Waals surface area contributed by atoms with E-state index in [-0.39, 0.29) is 12.5 Å². The largest absolute Gasteiger partial charge is 0.419 e. The van der Waals surface area contributed by atoms with Gasteiger partial charge in [0, 0.05) is 13.0 Å². The SMILES string of the molecule is CC[C@@H](C(=O)N1CC[C@@](O)(C(F)(F)F)C1)c1ccccc1. The molecule has 2 atom stereocenters. The molecule has 1 heterocycles. The van der Waals surface area contributed by atoms with Crippen LogP contribution in [-0.2, 0) is 4.79 Å². The zero-order chi connectivity index (χ0) is 15.7. The first-order chi connectivity index (χ1) is 9.78. The second kappa shape index (κ2) is 5.67. The summed E-state index contributed by atoms with van der Waals surface area (Å²) in [6, 6.07) is 8.98. The van der Waals surface area contributed by atoms with E-state index in [2.05, 4.69) is 0 Å². The Labute approximate surface area is 121 Å². The molecule has 1 fully saturated rings. The Kier molecular flexibility index (Phi) is 4.27. The fourth-order valence-corrected chi connectivity index (χ4v) is 2.67. The number of amides is 1. The van der Waals surface area contributed by atoms with Crippen molar-refractivity contribution in [1.82, 2.24) is 4.90 Å². The third kappa shape index (κ3) is 3.05. The van der Waals surface area contributed by atoms with E-state index in [0.717, 1.165) is 10.5 Å². The van der Waals surface area contributed by atoms with Gasteiger partial charge in [-0.25, -0.2) is 0 Å². The standard InChI is InChI=1S/C15H18F3NO2/c1-2-12(11-6-4-3-5-7-11)13(20)19-9-8-14(21,10-19)15(16,17)18/h3-7,12,21H,2,8-10H2,1H3/t12-,14+/m1/s1. The van der Waals surface area contributed by atoms with Gasteiger partial charge in [0.25, 0.3) is 0 Å². The number of aliphatic hydroxyl groups is 1. The van der Waals surface area contributed by atoms with Gasteiger partial charge in [0.05, 0.1) is 12.5 Å². The lowest BCUT2D eigenvalue weighted by Gasteiger charge is -2.27. The number of rotatable bonds is 3. The van der Waals surface area contributed by atoms with Crippen LogP contribution in [0.3, 0.4) is 0 Å². The molecule has 1 amide bonds. The Morgan fingerprint density at radius 2 is 2.00 bits per heavy atom. The Bertz CT molecular complexity index is 503. The van der Waals surface area contributed by atoms with Gasteiger partial charge in [-0.05, 0) is 12.0 Å². The number of halogens is 3. The fourth-order valence-electron chi connectivity index (χ4n) is 2.67. The minimum absolute atomic E-state index is 0.0713. The van der Waals surface area contributed by atoms with Crippen LogP contribution < -0.4 is 0 Å². The van der Waals surface area contributed by atoms with Crippen molar-refractivity contribution in [1.29, 1.82) is 0 Å². The highest BCUT2D eigenvalue weighted by Crippen LogP contribution is 2.38. The second-order valence-electron chi connectivity index (χ2n) is 5.41. The molecule has 2 rings (SSSR count). The molecule has 6 heteroatoms. The lowest BCUT2D eigenvalue weighted by molar-refractivity contribution is -0.253. The highest BCUT2D eigenvalue weighted by atomic mass is 19.4. The summed E-state index contributed by atoms with van der Waals surface area (Å²) in [6.07, 6.45) is -4.67. The third-order valence-corrected chi connectivity index (χ3v) is 4.00. The summed E-state index contributed by atoms with van der Waals surface area (Å²) in [4.78, 5) is 13.6. The number of carbonyl (C=O) groups is 1. The van der Waals surface area contributed by atoms with Crippen molar-refractivity contribution >= 4 is 5.91 Å². The predicted molar refractivity (Wildman–Crippen MR) is 71.7 cm³/mol. The molecule has 3 nitrogen and oxygen atoms in total. The number of hydrogen-bond donors (Lipinski definition) is 1. The van der Waals surface area contributed by atoms with Gasteiger partial charge < -0.3 is 10.0 Å². The van der Waals surface area contributed by atoms with Gasteiger partial charge >= 0.3 is 6.18 Å². The molecule has 1 N–H and O–H groups in total. The number of hydrogen-bond acceptors (Lipinski definition) is 2. The van der Waals surface area contributed by atoms with Crippen LogP contribution in [0.1, 0.15) is 31.2 Å². The summed E-state index contributed by atoms with van der Waals surface area (Å²) < 4.78 is 38.4. The van der Waals surface area contributed by atoms with Gasteiger partial charge in [0.2, 0.25) is 5.91 Å². The molecule has 1 aromatic carbocycles. The first kappa shape index (κ1) is 15.8. The van der Waals surface area contributed by atoms with E-state index in [4.69, 9.17) is 0 Å². The zero-order valence-electron chi connectivity index (χ0n) is 11.7. The molecule has 1 saturated heterocycles. The fraction of sp³-hybridized carbons (Fsp3) is 0.533. The van der Waals surface area contributed by atoms with Crippen LogP contribution in [0, 0.1) is 0 Å². The summed E-state index contributed by atoms with van der Waals surface area (Å²) in [5, 5.41) is 9.65. The van der Waals surface area contributed by atoms with Crippen molar-refractivity contribution in [3.8, 4) is 0 Å². The van der Waals surface area contributed by atoms with Crippen LogP contribution in [0.2, 0.25) is 0 Å². The van der Waals surface area contributed by atoms with Crippen molar-refractivity contribution in [2.24, 2.45) is 0 Å². The first-order valence-electron chi connectivity index (χ1n) is 6.91. The van der Waals surface area contributed by atoms with Crippen molar-refractivity contribution in [2.45, 2.75) is 37.5 Å². The van der Waals surface area contributed by atoms with Crippen molar-refractivity contribution < 1.29 is 23.1 Å². The quantitative estimate of drug-likeness (QED) is 0.932. The Balaban J connectivity index is 2.14. The van der Waals surface area contributed by atoms with Crippen LogP contribution in [0.15, 0.2) is 30.3 Å². The smallest absolute Gasteiger partial charge is 0.379 e. The molecule has 0 aromatic heterocycles. The molecule has 0 radical (unpaired) electrons. The number of nitrogens with zero attached hydrogens (tertiary/aromatic N) is 1. The van der Waals surface area contributed by atoms with E-state index < -0.39 is 30.7 Å². The van der Waals surface area contributed by atoms with Crippen LogP contribution in [0.5, 0.6) is 0 Å². The second-order valence-corrected chi connectivity index (χ2v) is 5.41. The van der Waals surface area contributed by atoms with Gasteiger partial charge in [-0.15, -0.1) is 0 Å². The van der Waals surface area contributed by atoms with Crippen molar-refractivity contribution in [3.63, 3.8) is 0 Å². The van der Waals surface area contributed by atoms with Gasteiger partial charge in [-0.2, -0.15) is 13.2 Å². The molecule has 0 aliphatic carbocycles. The summed E-state index contributed by atoms with van der Waals surface area (Å²) in [5.74, 6) is -0.828. The summed E-state index contributed by atoms with van der Waals surface area (Å²) in [5.41, 5.74) is -2.00. The van der Waals surface area contributed by atoms with Crippen molar-refractivity contribution in [2.75, 3.05) is 13.1 Å². The monoisotopic (exact) mass is 301 g/mol. The maximum Gasteiger partial charge on any atom is 0.419 e. The normalized spacial score (nSPS) is 24.1. The molecule has 0 saturated carbocycles. The van der Waals surface area contributed by atoms with E-state index >= 15 is 0 Å². The minimum atomic E-state index is -4.71. The first-order valence-corrected chi connectivity index (χ1v) is 6.91. The third-order valence-electron chi connectivity index (χ3n) is 4.00. The average Bonchev–Trinajstić information content (AvgIpc) is 2.84. The molecule has 21 heavy (non-hydrogen) atoms. The Morgan fingerprint density at radius 3 is 2.48 bits per heavy atom. The lowest BCUT2D eigenvalue weighted by Crippen LogP contribution is -2.48. The van der Waals surface area contributed by atoms with E-state index in [1.165, 1.54) is 0 Å². The summed E-state index contributed by atoms with van der Waals surface area (Å²) in [6.45, 7) is 1.07. The predicted octanol–water partition coefficient (Wildman–Crippen LogP) is 2.71. The molecule has 116 valence electrons.